The number of halogens is 1. The number of hydrogen-bond acceptors (Lipinski definition) is 3. The Morgan fingerprint density at radius 1 is 1.41 bits per heavy atom. The zero-order chi connectivity index (χ0) is 12.5. The van der Waals surface area contributed by atoms with Crippen LogP contribution in [0.5, 0.6) is 0 Å². The van der Waals surface area contributed by atoms with Crippen molar-refractivity contribution in [3.8, 4) is 0 Å². The zero-order valence-electron chi connectivity index (χ0n) is 10.2. The lowest BCUT2D eigenvalue weighted by Gasteiger charge is -2.15. The van der Waals surface area contributed by atoms with Crippen LogP contribution in [0, 0.1) is 5.82 Å². The Bertz CT molecular complexity index is 322. The van der Waals surface area contributed by atoms with Crippen molar-refractivity contribution in [3.05, 3.63) is 30.1 Å². The Morgan fingerprint density at radius 2 is 2.18 bits per heavy atom. The molecule has 0 radical (unpaired) electrons. The molecule has 0 aliphatic rings. The highest BCUT2D eigenvalue weighted by Gasteiger charge is 2.07. The number of benzene rings is 1. The molecule has 0 aliphatic carbocycles. The first-order chi connectivity index (χ1) is 8.27. The predicted molar refractivity (Wildman–Crippen MR) is 70.9 cm³/mol. The lowest BCUT2D eigenvalue weighted by molar-refractivity contribution is 0.240. The summed E-state index contributed by atoms with van der Waals surface area (Å²) < 4.78 is 13.3. The Hall–Kier alpha value is -0.580. The molecular weight excluding hydrogens is 237 g/mol. The van der Waals surface area contributed by atoms with Gasteiger partial charge in [0.2, 0.25) is 0 Å². The fourth-order valence-electron chi connectivity index (χ4n) is 1.48. The van der Waals surface area contributed by atoms with Crippen LogP contribution in [0.1, 0.15) is 19.8 Å². The van der Waals surface area contributed by atoms with Gasteiger partial charge in [0.15, 0.2) is 0 Å². The first kappa shape index (κ1) is 14.5. The molecule has 2 nitrogen and oxygen atoms in total. The highest BCUT2D eigenvalue weighted by Crippen LogP contribution is 2.22. The third kappa shape index (κ3) is 5.52. The molecule has 96 valence electrons. The van der Waals surface area contributed by atoms with Gasteiger partial charge in [-0.15, -0.1) is 11.8 Å². The molecule has 0 saturated heterocycles. The van der Waals surface area contributed by atoms with E-state index in [1.165, 1.54) is 17.8 Å². The van der Waals surface area contributed by atoms with Gasteiger partial charge in [-0.05, 0) is 37.3 Å². The first-order valence-electron chi connectivity index (χ1n) is 5.99. The Labute approximate surface area is 107 Å². The van der Waals surface area contributed by atoms with Crippen molar-refractivity contribution in [1.29, 1.82) is 0 Å². The smallest absolute Gasteiger partial charge is 0.136 e. The summed E-state index contributed by atoms with van der Waals surface area (Å²) in [5.74, 6) is 0.641. The third-order valence-corrected chi connectivity index (χ3v) is 3.55. The van der Waals surface area contributed by atoms with E-state index in [2.05, 4.69) is 12.2 Å². The average molecular weight is 257 g/mol. The summed E-state index contributed by atoms with van der Waals surface area (Å²) in [5, 5.41) is 12.4. The van der Waals surface area contributed by atoms with Gasteiger partial charge in [-0.3, -0.25) is 0 Å². The highest BCUT2D eigenvalue weighted by molar-refractivity contribution is 7.99. The monoisotopic (exact) mass is 257 g/mol. The van der Waals surface area contributed by atoms with Crippen molar-refractivity contribution in [2.24, 2.45) is 0 Å². The van der Waals surface area contributed by atoms with Crippen LogP contribution in [0.2, 0.25) is 0 Å². The van der Waals surface area contributed by atoms with Crippen LogP contribution in [0.15, 0.2) is 29.2 Å². The molecule has 2 N–H and O–H groups in total. The summed E-state index contributed by atoms with van der Waals surface area (Å²) >= 11 is 1.50. The van der Waals surface area contributed by atoms with E-state index in [4.69, 9.17) is 5.11 Å². The van der Waals surface area contributed by atoms with Gasteiger partial charge in [0.05, 0.1) is 6.61 Å². The number of rotatable bonds is 8. The summed E-state index contributed by atoms with van der Waals surface area (Å²) in [6.45, 7) is 3.14. The molecule has 0 aliphatic heterocycles. The fraction of sp³-hybridized carbons (Fsp3) is 0.538. The van der Waals surface area contributed by atoms with Crippen LogP contribution in [-0.4, -0.2) is 30.1 Å². The molecule has 1 aromatic carbocycles. The Balaban J connectivity index is 2.28. The van der Waals surface area contributed by atoms with E-state index in [0.29, 0.717) is 4.90 Å². The van der Waals surface area contributed by atoms with E-state index in [1.54, 1.807) is 12.1 Å². The van der Waals surface area contributed by atoms with Crippen molar-refractivity contribution in [1.82, 2.24) is 5.32 Å². The second-order valence-electron chi connectivity index (χ2n) is 3.90. The molecule has 1 rings (SSSR count). The van der Waals surface area contributed by atoms with E-state index in [9.17, 15) is 4.39 Å². The minimum absolute atomic E-state index is 0.120. The van der Waals surface area contributed by atoms with E-state index in [1.807, 2.05) is 6.07 Å². The maximum absolute atomic E-state index is 13.3. The van der Waals surface area contributed by atoms with Gasteiger partial charge in [0.25, 0.3) is 0 Å². The number of nitrogens with one attached hydrogen (secondary N) is 1. The van der Waals surface area contributed by atoms with Gasteiger partial charge in [-0.2, -0.15) is 0 Å². The summed E-state index contributed by atoms with van der Waals surface area (Å²) in [4.78, 5) is 0.680. The highest BCUT2D eigenvalue weighted by atomic mass is 32.2. The molecule has 1 atom stereocenters. The van der Waals surface area contributed by atoms with Crippen molar-refractivity contribution < 1.29 is 9.50 Å². The maximum atomic E-state index is 13.3. The molecule has 0 spiro atoms. The fourth-order valence-corrected chi connectivity index (χ4v) is 2.48. The first-order valence-corrected chi connectivity index (χ1v) is 6.98. The molecule has 0 amide bonds. The standard InChI is InChI=1S/C13H20FNOS/c1-2-8-15-11(10-16)7-9-17-13-6-4-3-5-12(13)14/h3-6,11,15-16H,2,7-10H2,1H3. The van der Waals surface area contributed by atoms with E-state index >= 15 is 0 Å². The molecule has 0 saturated carbocycles. The van der Waals surface area contributed by atoms with Crippen LogP contribution >= 0.6 is 11.8 Å². The van der Waals surface area contributed by atoms with Gasteiger partial charge in [-0.25, -0.2) is 4.39 Å². The van der Waals surface area contributed by atoms with E-state index in [0.717, 1.165) is 25.1 Å². The van der Waals surface area contributed by atoms with Gasteiger partial charge in [0, 0.05) is 10.9 Å². The summed E-state index contributed by atoms with van der Waals surface area (Å²) in [6, 6.07) is 6.91. The molecule has 17 heavy (non-hydrogen) atoms. The largest absolute Gasteiger partial charge is 0.395 e. The van der Waals surface area contributed by atoms with Gasteiger partial charge >= 0.3 is 0 Å². The third-order valence-electron chi connectivity index (χ3n) is 2.46. The average Bonchev–Trinajstić information content (AvgIpc) is 2.35. The Morgan fingerprint density at radius 3 is 2.82 bits per heavy atom. The normalized spacial score (nSPS) is 12.6. The molecule has 0 heterocycles. The quantitative estimate of drug-likeness (QED) is 0.702. The van der Waals surface area contributed by atoms with Crippen molar-refractivity contribution >= 4 is 11.8 Å². The van der Waals surface area contributed by atoms with Crippen LogP contribution in [0.4, 0.5) is 4.39 Å². The van der Waals surface area contributed by atoms with Crippen LogP contribution in [0.3, 0.4) is 0 Å². The van der Waals surface area contributed by atoms with Gasteiger partial charge in [0.1, 0.15) is 5.82 Å². The van der Waals surface area contributed by atoms with Crippen LogP contribution in [-0.2, 0) is 0 Å². The van der Waals surface area contributed by atoms with Crippen molar-refractivity contribution in [3.63, 3.8) is 0 Å². The number of hydrogen-bond donors (Lipinski definition) is 2. The topological polar surface area (TPSA) is 32.3 Å². The molecule has 1 unspecified atom stereocenters. The number of aliphatic hydroxyl groups is 1. The lowest BCUT2D eigenvalue weighted by atomic mass is 10.2. The molecule has 4 heteroatoms. The van der Waals surface area contributed by atoms with Crippen molar-refractivity contribution in [2.75, 3.05) is 18.9 Å². The van der Waals surface area contributed by atoms with Crippen LogP contribution in [0.25, 0.3) is 0 Å². The van der Waals surface area contributed by atoms with Gasteiger partial charge < -0.3 is 10.4 Å². The molecule has 0 fully saturated rings. The maximum Gasteiger partial charge on any atom is 0.136 e. The molecule has 1 aromatic rings. The van der Waals surface area contributed by atoms with Crippen LogP contribution < -0.4 is 5.32 Å². The Kier molecular flexibility index (Phi) is 7.24. The van der Waals surface area contributed by atoms with Gasteiger partial charge in [-0.1, -0.05) is 19.1 Å². The minimum atomic E-state index is -0.167. The molecule has 0 bridgehead atoms. The summed E-state index contributed by atoms with van der Waals surface area (Å²) in [6.07, 6.45) is 1.90. The minimum Gasteiger partial charge on any atom is -0.395 e. The summed E-state index contributed by atoms with van der Waals surface area (Å²) in [5.41, 5.74) is 0. The SMILES string of the molecule is CCCNC(CO)CCSc1ccccc1F. The number of thioether (sulfide) groups is 1. The van der Waals surface area contributed by atoms with Crippen molar-refractivity contribution in [2.45, 2.75) is 30.7 Å². The second kappa shape index (κ2) is 8.50. The predicted octanol–water partition coefficient (Wildman–Crippen LogP) is 2.67. The second-order valence-corrected chi connectivity index (χ2v) is 5.04. The number of aliphatic hydroxyl groups excluding tert-OH is 1. The zero-order valence-corrected chi connectivity index (χ0v) is 11.0. The van der Waals surface area contributed by atoms with E-state index < -0.39 is 0 Å². The summed E-state index contributed by atoms with van der Waals surface area (Å²) in [7, 11) is 0. The molecule has 0 aromatic heterocycles. The van der Waals surface area contributed by atoms with E-state index in [-0.39, 0.29) is 18.5 Å². The lowest BCUT2D eigenvalue weighted by Crippen LogP contribution is -2.33. The molecular formula is C13H20FNOS.